The molecule has 2 rings (SSSR count). The minimum atomic E-state index is -3.60. The van der Waals surface area contributed by atoms with E-state index in [9.17, 15) is 18.8 Å². The summed E-state index contributed by atoms with van der Waals surface area (Å²) >= 11 is 0. The van der Waals surface area contributed by atoms with Crippen LogP contribution >= 0.6 is 0 Å². The van der Waals surface area contributed by atoms with Crippen molar-refractivity contribution in [2.24, 2.45) is 5.92 Å². The van der Waals surface area contributed by atoms with Gasteiger partial charge in [-0.2, -0.15) is 5.26 Å². The van der Waals surface area contributed by atoms with Crippen LogP contribution in [0.5, 0.6) is 5.75 Å². The molecule has 1 aliphatic carbocycles. The molecular formula is C22H31NO3S. The first-order valence-corrected chi connectivity index (χ1v) is 11.1. The number of phenolic OH excluding ortho intramolecular Hbond substituents is 1. The molecule has 0 radical (unpaired) electrons. The number of sulfone groups is 1. The van der Waals surface area contributed by atoms with E-state index in [2.05, 4.69) is 0 Å². The summed E-state index contributed by atoms with van der Waals surface area (Å²) < 4.78 is 25.3. The fourth-order valence-corrected chi connectivity index (χ4v) is 4.87. The van der Waals surface area contributed by atoms with E-state index in [0.29, 0.717) is 5.56 Å². The maximum absolute atomic E-state index is 12.7. The van der Waals surface area contributed by atoms with Gasteiger partial charge in [0, 0.05) is 11.1 Å². The zero-order valence-corrected chi connectivity index (χ0v) is 18.1. The number of hydrogen-bond donors (Lipinski definition) is 1. The molecule has 1 aromatic rings. The number of allylic oxidation sites excluding steroid dienone is 1. The molecule has 1 aliphatic rings. The molecule has 4 nitrogen and oxygen atoms in total. The minimum Gasteiger partial charge on any atom is -0.507 e. The third-order valence-corrected chi connectivity index (χ3v) is 6.96. The molecule has 1 fully saturated rings. The monoisotopic (exact) mass is 389 g/mol. The molecule has 1 saturated carbocycles. The summed E-state index contributed by atoms with van der Waals surface area (Å²) in [5.74, 6) is 0.452. The summed E-state index contributed by atoms with van der Waals surface area (Å²) in [6, 6.07) is 5.47. The molecule has 148 valence electrons. The smallest absolute Gasteiger partial charge is 0.188 e. The summed E-state index contributed by atoms with van der Waals surface area (Å²) in [4.78, 5) is -0.195. The zero-order chi connectivity index (χ0) is 20.6. The van der Waals surface area contributed by atoms with E-state index in [4.69, 9.17) is 0 Å². The van der Waals surface area contributed by atoms with E-state index in [-0.39, 0.29) is 33.2 Å². The lowest BCUT2D eigenvalue weighted by Gasteiger charge is -2.28. The first-order valence-electron chi connectivity index (χ1n) is 9.48. The third-order valence-electron chi connectivity index (χ3n) is 5.17. The molecule has 0 unspecified atom stereocenters. The Kier molecular flexibility index (Phi) is 5.82. The Morgan fingerprint density at radius 3 is 1.96 bits per heavy atom. The average molecular weight is 390 g/mol. The SMILES string of the molecule is CC(C)(C)c1cc(C=C(C#N)S(=O)(=O)CC2CCC2)cc(C(C)(C)C)c1O. The predicted octanol–water partition coefficient (Wildman–Crippen LogP) is 5.07. The lowest BCUT2D eigenvalue weighted by atomic mass is 9.78. The number of nitriles is 1. The van der Waals surface area contributed by atoms with Gasteiger partial charge in [-0.15, -0.1) is 0 Å². The van der Waals surface area contributed by atoms with Gasteiger partial charge in [-0.3, -0.25) is 0 Å². The highest BCUT2D eigenvalue weighted by Crippen LogP contribution is 2.40. The van der Waals surface area contributed by atoms with Crippen LogP contribution in [-0.4, -0.2) is 19.3 Å². The first-order chi connectivity index (χ1) is 12.3. The van der Waals surface area contributed by atoms with E-state index in [1.165, 1.54) is 6.08 Å². The van der Waals surface area contributed by atoms with Gasteiger partial charge in [0.25, 0.3) is 0 Å². The van der Waals surface area contributed by atoms with Crippen molar-refractivity contribution in [1.29, 1.82) is 5.26 Å². The van der Waals surface area contributed by atoms with Crippen molar-refractivity contribution in [2.75, 3.05) is 5.75 Å². The second-order valence-electron chi connectivity index (χ2n) is 9.66. The Labute approximate surface area is 163 Å². The second-order valence-corrected chi connectivity index (χ2v) is 11.7. The highest BCUT2D eigenvalue weighted by molar-refractivity contribution is 7.95. The molecule has 0 amide bonds. The van der Waals surface area contributed by atoms with Crippen molar-refractivity contribution < 1.29 is 13.5 Å². The van der Waals surface area contributed by atoms with Crippen LogP contribution in [0.1, 0.15) is 77.5 Å². The quantitative estimate of drug-likeness (QED) is 0.730. The molecule has 0 heterocycles. The molecule has 0 spiro atoms. The zero-order valence-electron chi connectivity index (χ0n) is 17.3. The van der Waals surface area contributed by atoms with Crippen LogP contribution in [0.15, 0.2) is 17.0 Å². The topological polar surface area (TPSA) is 78.2 Å². The van der Waals surface area contributed by atoms with E-state index in [0.717, 1.165) is 30.4 Å². The number of phenols is 1. The number of nitrogens with zero attached hydrogens (tertiary/aromatic N) is 1. The normalized spacial score (nSPS) is 16.7. The fraction of sp³-hybridized carbons (Fsp3) is 0.591. The molecular weight excluding hydrogens is 358 g/mol. The van der Waals surface area contributed by atoms with E-state index in [1.807, 2.05) is 47.6 Å². The van der Waals surface area contributed by atoms with Gasteiger partial charge >= 0.3 is 0 Å². The number of rotatable bonds is 4. The number of hydrogen-bond acceptors (Lipinski definition) is 4. The van der Waals surface area contributed by atoms with Gasteiger partial charge in [0.15, 0.2) is 9.84 Å². The van der Waals surface area contributed by atoms with Crippen LogP contribution < -0.4 is 0 Å². The van der Waals surface area contributed by atoms with Gasteiger partial charge in [-0.05, 0) is 53.4 Å². The van der Waals surface area contributed by atoms with Crippen molar-refractivity contribution in [3.05, 3.63) is 33.7 Å². The third kappa shape index (κ3) is 4.93. The van der Waals surface area contributed by atoms with Crippen LogP contribution in [0, 0.1) is 17.2 Å². The molecule has 1 N–H and O–H groups in total. The maximum atomic E-state index is 12.7. The Bertz CT molecular complexity index is 852. The van der Waals surface area contributed by atoms with Crippen LogP contribution in [-0.2, 0) is 20.7 Å². The average Bonchev–Trinajstić information content (AvgIpc) is 2.47. The molecule has 0 bridgehead atoms. The van der Waals surface area contributed by atoms with Crippen molar-refractivity contribution >= 4 is 15.9 Å². The standard InChI is InChI=1S/C22H31NO3S/c1-21(2,3)18-11-16(12-19(20(18)24)22(4,5)6)10-17(13-23)27(25,26)14-15-8-7-9-15/h10-12,15,24H,7-9,14H2,1-6H3. The summed E-state index contributed by atoms with van der Waals surface area (Å²) in [6.45, 7) is 12.0. The maximum Gasteiger partial charge on any atom is 0.188 e. The summed E-state index contributed by atoms with van der Waals surface area (Å²) in [6.07, 6.45) is 4.35. The lowest BCUT2D eigenvalue weighted by molar-refractivity contribution is 0.348. The fourth-order valence-electron chi connectivity index (χ4n) is 3.29. The van der Waals surface area contributed by atoms with E-state index < -0.39 is 9.84 Å². The molecule has 0 aliphatic heterocycles. The largest absolute Gasteiger partial charge is 0.507 e. The van der Waals surface area contributed by atoms with Gasteiger partial charge in [0.05, 0.1) is 5.75 Å². The highest BCUT2D eigenvalue weighted by Gasteiger charge is 2.29. The molecule has 1 aromatic carbocycles. The van der Waals surface area contributed by atoms with Gasteiger partial charge in [-0.25, -0.2) is 8.42 Å². The first kappa shape index (κ1) is 21.5. The van der Waals surface area contributed by atoms with Crippen molar-refractivity contribution in [3.63, 3.8) is 0 Å². The van der Waals surface area contributed by atoms with Crippen LogP contribution in [0.3, 0.4) is 0 Å². The van der Waals surface area contributed by atoms with Gasteiger partial charge in [0.1, 0.15) is 16.7 Å². The summed E-state index contributed by atoms with van der Waals surface area (Å²) in [5, 5.41) is 20.3. The minimum absolute atomic E-state index is 0.0444. The van der Waals surface area contributed by atoms with Gasteiger partial charge in [0.2, 0.25) is 0 Å². The molecule has 5 heteroatoms. The molecule has 0 saturated heterocycles. The van der Waals surface area contributed by atoms with Crippen molar-refractivity contribution in [3.8, 4) is 11.8 Å². The van der Waals surface area contributed by atoms with Crippen LogP contribution in [0.2, 0.25) is 0 Å². The number of aromatic hydroxyl groups is 1. The Balaban J connectivity index is 2.59. The van der Waals surface area contributed by atoms with Crippen molar-refractivity contribution in [2.45, 2.75) is 71.6 Å². The molecule has 27 heavy (non-hydrogen) atoms. The summed E-state index contributed by atoms with van der Waals surface area (Å²) in [7, 11) is -3.60. The van der Waals surface area contributed by atoms with Gasteiger partial charge < -0.3 is 5.11 Å². The molecule has 0 atom stereocenters. The highest BCUT2D eigenvalue weighted by atomic mass is 32.2. The number of benzene rings is 1. The Morgan fingerprint density at radius 1 is 1.15 bits per heavy atom. The van der Waals surface area contributed by atoms with Crippen molar-refractivity contribution in [1.82, 2.24) is 0 Å². The van der Waals surface area contributed by atoms with Crippen LogP contribution in [0.4, 0.5) is 0 Å². The van der Waals surface area contributed by atoms with E-state index >= 15 is 0 Å². The summed E-state index contributed by atoms with van der Waals surface area (Å²) in [5.41, 5.74) is 1.50. The Morgan fingerprint density at radius 2 is 1.63 bits per heavy atom. The molecule has 0 aromatic heterocycles. The Hall–Kier alpha value is -1.80. The lowest BCUT2D eigenvalue weighted by Crippen LogP contribution is -2.22. The van der Waals surface area contributed by atoms with Gasteiger partial charge in [-0.1, -0.05) is 48.0 Å². The predicted molar refractivity (Wildman–Crippen MR) is 110 cm³/mol. The van der Waals surface area contributed by atoms with E-state index in [1.54, 1.807) is 12.1 Å². The van der Waals surface area contributed by atoms with Crippen LogP contribution in [0.25, 0.3) is 6.08 Å². The second kappa shape index (κ2) is 7.31.